The highest BCUT2D eigenvalue weighted by atomic mass is 35.5. The molecule has 3 aromatic carbocycles. The van der Waals surface area contributed by atoms with Crippen molar-refractivity contribution in [2.75, 3.05) is 18.4 Å². The molecular weight excluding hydrogens is 625 g/mol. The van der Waals surface area contributed by atoms with Crippen LogP contribution < -0.4 is 10.9 Å². The summed E-state index contributed by atoms with van der Waals surface area (Å²) in [5.74, 6) is 3.68. The predicted molar refractivity (Wildman–Crippen MR) is 195 cm³/mol. The number of fused-ring (bicyclic) bond motifs is 3. The van der Waals surface area contributed by atoms with Crippen molar-refractivity contribution in [1.82, 2.24) is 14.5 Å². The molecule has 1 N–H and O–H groups in total. The highest BCUT2D eigenvalue weighted by Gasteiger charge is 2.56. The molecule has 0 amide bonds. The summed E-state index contributed by atoms with van der Waals surface area (Å²) >= 11 is 12.4. The Balaban J connectivity index is 1.10. The quantitative estimate of drug-likeness (QED) is 0.158. The standard InChI is InChI=1S/C39H45Cl2N5O/c1-25-33-20-29(39(33,2)3)21-35(25)44-38(45-16-13-27(14-17-45)19-26-7-5-4-6-8-26)43-31-11-12-32-36(23-31)42-24-46(37(32)47)18-15-28-9-10-30(40)22-34(28)41/h4-12,22-25,27,29,33,35H,13-21H2,1-3H3,(H,43,44)/t25-,29-,33?,35-/m0/s1. The number of piperidine rings is 1. The zero-order chi connectivity index (χ0) is 32.7. The number of halogens is 2. The maximum atomic E-state index is 13.4. The number of likely N-dealkylation sites (tertiary alicyclic amines) is 1. The van der Waals surface area contributed by atoms with E-state index < -0.39 is 0 Å². The first kappa shape index (κ1) is 32.2. The Morgan fingerprint density at radius 3 is 2.53 bits per heavy atom. The highest BCUT2D eigenvalue weighted by molar-refractivity contribution is 6.35. The summed E-state index contributed by atoms with van der Waals surface area (Å²) in [6.07, 6.45) is 8.18. The number of rotatable bonds is 7. The normalized spacial score (nSPS) is 24.3. The van der Waals surface area contributed by atoms with Gasteiger partial charge in [0.25, 0.3) is 5.56 Å². The van der Waals surface area contributed by atoms with Gasteiger partial charge < -0.3 is 10.2 Å². The van der Waals surface area contributed by atoms with Gasteiger partial charge in [0.15, 0.2) is 5.96 Å². The van der Waals surface area contributed by atoms with Crippen molar-refractivity contribution >= 4 is 45.8 Å². The van der Waals surface area contributed by atoms with Gasteiger partial charge in [-0.25, -0.2) is 9.98 Å². The summed E-state index contributed by atoms with van der Waals surface area (Å²) < 4.78 is 1.66. The third kappa shape index (κ3) is 6.69. The molecule has 4 aliphatic rings. The molecule has 47 heavy (non-hydrogen) atoms. The lowest BCUT2D eigenvalue weighted by Crippen LogP contribution is -2.56. The maximum Gasteiger partial charge on any atom is 0.261 e. The first-order valence-electron chi connectivity index (χ1n) is 17.2. The zero-order valence-electron chi connectivity index (χ0n) is 27.6. The van der Waals surface area contributed by atoms with Crippen LogP contribution in [0.1, 0.15) is 57.6 Å². The van der Waals surface area contributed by atoms with E-state index in [1.165, 1.54) is 12.0 Å². The molecule has 8 heteroatoms. The van der Waals surface area contributed by atoms with Crippen LogP contribution in [0.25, 0.3) is 10.9 Å². The largest absolute Gasteiger partial charge is 0.343 e. The van der Waals surface area contributed by atoms with E-state index in [0.29, 0.717) is 57.2 Å². The summed E-state index contributed by atoms with van der Waals surface area (Å²) in [6.45, 7) is 9.75. The van der Waals surface area contributed by atoms with Crippen LogP contribution in [0.5, 0.6) is 0 Å². The second-order valence-electron chi connectivity index (χ2n) is 14.7. The number of aromatic nitrogens is 2. The van der Waals surface area contributed by atoms with E-state index in [1.807, 2.05) is 30.3 Å². The smallest absolute Gasteiger partial charge is 0.261 e. The van der Waals surface area contributed by atoms with E-state index in [9.17, 15) is 4.79 Å². The minimum absolute atomic E-state index is 0.0566. The van der Waals surface area contributed by atoms with Gasteiger partial charge in [-0.3, -0.25) is 9.36 Å². The van der Waals surface area contributed by atoms with Crippen LogP contribution >= 0.6 is 23.2 Å². The minimum atomic E-state index is -0.0566. The third-order valence-corrected chi connectivity index (χ3v) is 12.2. The average Bonchev–Trinajstić information content (AvgIpc) is 3.06. The lowest BCUT2D eigenvalue weighted by atomic mass is 9.45. The van der Waals surface area contributed by atoms with E-state index >= 15 is 0 Å². The van der Waals surface area contributed by atoms with Gasteiger partial charge in [-0.2, -0.15) is 0 Å². The fourth-order valence-corrected chi connectivity index (χ4v) is 8.93. The molecule has 8 rings (SSSR count). The molecular formula is C39H45Cl2N5O. The number of hydrogen-bond acceptors (Lipinski definition) is 3. The third-order valence-electron chi connectivity index (χ3n) is 11.6. The molecule has 1 aliphatic heterocycles. The van der Waals surface area contributed by atoms with Crippen LogP contribution in [0.15, 0.2) is 82.8 Å². The second-order valence-corrected chi connectivity index (χ2v) is 15.5. The van der Waals surface area contributed by atoms with Crippen molar-refractivity contribution in [3.8, 4) is 0 Å². The van der Waals surface area contributed by atoms with Crippen molar-refractivity contribution in [2.45, 2.75) is 71.9 Å². The van der Waals surface area contributed by atoms with E-state index in [2.05, 4.69) is 61.3 Å². The topological polar surface area (TPSA) is 62.5 Å². The monoisotopic (exact) mass is 669 g/mol. The molecule has 6 nitrogen and oxygen atoms in total. The van der Waals surface area contributed by atoms with Crippen LogP contribution in [-0.2, 0) is 19.4 Å². The fraction of sp³-hybridized carbons (Fsp3) is 0.462. The fourth-order valence-electron chi connectivity index (χ4n) is 8.43. The van der Waals surface area contributed by atoms with Gasteiger partial charge in [-0.15, -0.1) is 0 Å². The van der Waals surface area contributed by atoms with Crippen molar-refractivity contribution in [3.05, 3.63) is 105 Å². The number of nitrogens with one attached hydrogen (secondary N) is 1. The number of aryl methyl sites for hydroxylation is 2. The summed E-state index contributed by atoms with van der Waals surface area (Å²) in [5.41, 5.74) is 4.33. The van der Waals surface area contributed by atoms with Gasteiger partial charge in [-0.1, -0.05) is 80.4 Å². The molecule has 1 unspecified atom stereocenters. The SMILES string of the molecule is C[C@H]1C2C[C@@H](C[C@@H]1N=C(Nc1ccc3c(=O)n(CCc4ccc(Cl)cc4Cl)cnc3c1)N1CCC(Cc3ccccc3)CC1)C2(C)C. The average molecular weight is 671 g/mol. The van der Waals surface area contributed by atoms with Crippen molar-refractivity contribution in [3.63, 3.8) is 0 Å². The van der Waals surface area contributed by atoms with E-state index in [-0.39, 0.29) is 5.56 Å². The summed E-state index contributed by atoms with van der Waals surface area (Å²) in [5, 5.41) is 5.52. The molecule has 246 valence electrons. The zero-order valence-corrected chi connectivity index (χ0v) is 29.1. The van der Waals surface area contributed by atoms with Gasteiger partial charge in [0.2, 0.25) is 0 Å². The van der Waals surface area contributed by atoms with Gasteiger partial charge in [-0.05, 0) is 109 Å². The van der Waals surface area contributed by atoms with E-state index in [1.54, 1.807) is 17.0 Å². The lowest BCUT2D eigenvalue weighted by molar-refractivity contribution is -0.108. The van der Waals surface area contributed by atoms with Crippen LogP contribution in [0.3, 0.4) is 0 Å². The van der Waals surface area contributed by atoms with E-state index in [0.717, 1.165) is 67.8 Å². The number of anilines is 1. The number of guanidine groups is 1. The second kappa shape index (κ2) is 13.3. The number of benzene rings is 3. The Bertz CT molecular complexity index is 1830. The first-order valence-corrected chi connectivity index (χ1v) is 18.0. The molecule has 0 spiro atoms. The first-order chi connectivity index (χ1) is 22.7. The van der Waals surface area contributed by atoms with Crippen molar-refractivity contribution in [1.29, 1.82) is 0 Å². The molecule has 3 aliphatic carbocycles. The van der Waals surface area contributed by atoms with Crippen molar-refractivity contribution < 1.29 is 0 Å². The minimum Gasteiger partial charge on any atom is -0.343 e. The molecule has 4 atom stereocenters. The summed E-state index contributed by atoms with van der Waals surface area (Å²) in [6, 6.07) is 22.5. The summed E-state index contributed by atoms with van der Waals surface area (Å²) in [4.78, 5) is 26.1. The van der Waals surface area contributed by atoms with Crippen LogP contribution in [-0.4, -0.2) is 39.5 Å². The molecule has 3 saturated carbocycles. The Morgan fingerprint density at radius 1 is 1.02 bits per heavy atom. The highest BCUT2D eigenvalue weighted by Crippen LogP contribution is 2.61. The number of hydrogen-bond donors (Lipinski definition) is 1. The Hall–Kier alpha value is -3.35. The molecule has 1 saturated heterocycles. The Morgan fingerprint density at radius 2 is 1.81 bits per heavy atom. The Labute approximate surface area is 288 Å². The van der Waals surface area contributed by atoms with Crippen molar-refractivity contribution in [2.24, 2.45) is 34.1 Å². The molecule has 0 radical (unpaired) electrons. The summed E-state index contributed by atoms with van der Waals surface area (Å²) in [7, 11) is 0. The lowest BCUT2D eigenvalue weighted by Gasteiger charge is -2.61. The molecule has 4 aromatic rings. The number of nitrogens with zero attached hydrogens (tertiary/aromatic N) is 4. The van der Waals surface area contributed by atoms with Crippen LogP contribution in [0.4, 0.5) is 5.69 Å². The van der Waals surface area contributed by atoms with Crippen LogP contribution in [0, 0.1) is 29.1 Å². The molecule has 1 aromatic heterocycles. The molecule has 2 bridgehead atoms. The van der Waals surface area contributed by atoms with E-state index in [4.69, 9.17) is 33.2 Å². The predicted octanol–water partition coefficient (Wildman–Crippen LogP) is 8.74. The van der Waals surface area contributed by atoms with Gasteiger partial charge in [0.05, 0.1) is 23.3 Å². The molecule has 2 heterocycles. The van der Waals surface area contributed by atoms with Gasteiger partial charge in [0, 0.05) is 35.4 Å². The van der Waals surface area contributed by atoms with Gasteiger partial charge in [0.1, 0.15) is 0 Å². The molecule has 4 fully saturated rings. The van der Waals surface area contributed by atoms with Crippen LogP contribution in [0.2, 0.25) is 10.0 Å². The maximum absolute atomic E-state index is 13.4. The van der Waals surface area contributed by atoms with Gasteiger partial charge >= 0.3 is 0 Å². The number of aliphatic imine (C=N–C) groups is 1. The Kier molecular flexibility index (Phi) is 9.10.